The van der Waals surface area contributed by atoms with Crippen molar-refractivity contribution in [2.75, 3.05) is 19.8 Å². The number of hydrogen-bond acceptors (Lipinski definition) is 5. The lowest BCUT2D eigenvalue weighted by Crippen LogP contribution is -2.31. The summed E-state index contributed by atoms with van der Waals surface area (Å²) in [5, 5.41) is 12.5. The standard InChI is InChI=1S/C13H22N2O2S/c1-3-17-10(2)13-14-11(9-18-13)7-15-6-4-5-12(15)8-16/h9-10,12,16H,3-8H2,1-2H3/t10?,12-/m1/s1. The molecule has 4 nitrogen and oxygen atoms in total. The second kappa shape index (κ2) is 6.61. The van der Waals surface area contributed by atoms with Crippen LogP contribution in [0.4, 0.5) is 0 Å². The summed E-state index contributed by atoms with van der Waals surface area (Å²) in [5.74, 6) is 0. The minimum atomic E-state index is 0.0842. The van der Waals surface area contributed by atoms with Gasteiger partial charge in [-0.15, -0.1) is 11.3 Å². The summed E-state index contributed by atoms with van der Waals surface area (Å²) < 4.78 is 5.55. The van der Waals surface area contributed by atoms with Crippen LogP contribution in [0.3, 0.4) is 0 Å². The number of aromatic nitrogens is 1. The van der Waals surface area contributed by atoms with E-state index in [4.69, 9.17) is 4.74 Å². The third kappa shape index (κ3) is 3.29. The van der Waals surface area contributed by atoms with Gasteiger partial charge >= 0.3 is 0 Å². The summed E-state index contributed by atoms with van der Waals surface area (Å²) in [6.45, 7) is 6.93. The maximum Gasteiger partial charge on any atom is 0.122 e. The fourth-order valence-corrected chi connectivity index (χ4v) is 3.24. The van der Waals surface area contributed by atoms with E-state index in [1.807, 2.05) is 13.8 Å². The Balaban J connectivity index is 1.94. The van der Waals surface area contributed by atoms with E-state index in [0.717, 1.165) is 36.8 Å². The van der Waals surface area contributed by atoms with Gasteiger partial charge in [-0.2, -0.15) is 0 Å². The fraction of sp³-hybridized carbons (Fsp3) is 0.769. The molecule has 0 saturated carbocycles. The van der Waals surface area contributed by atoms with E-state index in [1.54, 1.807) is 11.3 Å². The van der Waals surface area contributed by atoms with Gasteiger partial charge in [-0.25, -0.2) is 4.98 Å². The van der Waals surface area contributed by atoms with Crippen LogP contribution in [-0.2, 0) is 11.3 Å². The minimum absolute atomic E-state index is 0.0842. The van der Waals surface area contributed by atoms with Crippen molar-refractivity contribution in [2.45, 2.75) is 45.4 Å². The second-order valence-electron chi connectivity index (χ2n) is 4.72. The largest absolute Gasteiger partial charge is 0.395 e. The van der Waals surface area contributed by atoms with Crippen LogP contribution >= 0.6 is 11.3 Å². The Hall–Kier alpha value is -0.490. The van der Waals surface area contributed by atoms with Gasteiger partial charge in [-0.3, -0.25) is 4.90 Å². The number of thiazole rings is 1. The van der Waals surface area contributed by atoms with Crippen LogP contribution in [0.1, 0.15) is 43.5 Å². The van der Waals surface area contributed by atoms with Crippen LogP contribution in [0, 0.1) is 0 Å². The fourth-order valence-electron chi connectivity index (χ4n) is 2.42. The zero-order valence-electron chi connectivity index (χ0n) is 11.1. The molecule has 0 radical (unpaired) electrons. The Kier molecular flexibility index (Phi) is 5.12. The van der Waals surface area contributed by atoms with Crippen LogP contribution in [-0.4, -0.2) is 40.8 Å². The summed E-state index contributed by atoms with van der Waals surface area (Å²) in [6.07, 6.45) is 2.36. The molecule has 0 aliphatic carbocycles. The van der Waals surface area contributed by atoms with Crippen molar-refractivity contribution in [3.63, 3.8) is 0 Å². The highest BCUT2D eigenvalue weighted by Crippen LogP contribution is 2.24. The zero-order chi connectivity index (χ0) is 13.0. The SMILES string of the molecule is CCOC(C)c1nc(CN2CCC[C@@H]2CO)cs1. The van der Waals surface area contributed by atoms with Crippen molar-refractivity contribution in [3.8, 4) is 0 Å². The number of ether oxygens (including phenoxy) is 1. The summed E-state index contributed by atoms with van der Waals surface area (Å²) in [7, 11) is 0. The van der Waals surface area contributed by atoms with E-state index < -0.39 is 0 Å². The van der Waals surface area contributed by atoms with Crippen LogP contribution < -0.4 is 0 Å². The lowest BCUT2D eigenvalue weighted by molar-refractivity contribution is 0.0759. The van der Waals surface area contributed by atoms with E-state index in [1.165, 1.54) is 6.42 Å². The first-order valence-corrected chi connectivity index (χ1v) is 7.53. The first-order chi connectivity index (χ1) is 8.74. The lowest BCUT2D eigenvalue weighted by Gasteiger charge is -2.21. The van der Waals surface area contributed by atoms with Crippen molar-refractivity contribution < 1.29 is 9.84 Å². The molecular weight excluding hydrogens is 248 g/mol. The molecule has 1 aliphatic heterocycles. The minimum Gasteiger partial charge on any atom is -0.395 e. The molecule has 1 fully saturated rings. The van der Waals surface area contributed by atoms with Crippen molar-refractivity contribution in [2.24, 2.45) is 0 Å². The predicted octanol–water partition coefficient (Wildman–Crippen LogP) is 2.20. The molecule has 1 saturated heterocycles. The molecule has 0 aromatic carbocycles. The number of rotatable bonds is 6. The predicted molar refractivity (Wildman–Crippen MR) is 72.7 cm³/mol. The molecule has 2 rings (SSSR count). The monoisotopic (exact) mass is 270 g/mol. The van der Waals surface area contributed by atoms with Crippen molar-refractivity contribution in [3.05, 3.63) is 16.1 Å². The molecule has 18 heavy (non-hydrogen) atoms. The normalized spacial score (nSPS) is 22.5. The van der Waals surface area contributed by atoms with Crippen LogP contribution in [0.5, 0.6) is 0 Å². The molecule has 1 unspecified atom stereocenters. The molecule has 1 aromatic rings. The maximum atomic E-state index is 9.30. The molecule has 1 aromatic heterocycles. The number of hydrogen-bond donors (Lipinski definition) is 1. The summed E-state index contributed by atoms with van der Waals surface area (Å²) in [5.41, 5.74) is 1.10. The molecule has 0 spiro atoms. The van der Waals surface area contributed by atoms with E-state index >= 15 is 0 Å². The molecule has 0 bridgehead atoms. The van der Waals surface area contributed by atoms with Crippen LogP contribution in [0.15, 0.2) is 5.38 Å². The Labute approximate surface area is 113 Å². The van der Waals surface area contributed by atoms with Gasteiger partial charge in [0.15, 0.2) is 0 Å². The number of aliphatic hydroxyl groups excluding tert-OH is 1. The molecule has 1 N–H and O–H groups in total. The number of nitrogens with zero attached hydrogens (tertiary/aromatic N) is 2. The van der Waals surface area contributed by atoms with Gasteiger partial charge in [0.2, 0.25) is 0 Å². The topological polar surface area (TPSA) is 45.6 Å². The highest BCUT2D eigenvalue weighted by molar-refractivity contribution is 7.09. The quantitative estimate of drug-likeness (QED) is 0.861. The molecule has 0 amide bonds. The third-order valence-corrected chi connectivity index (χ3v) is 4.46. The average Bonchev–Trinajstić information content (AvgIpc) is 2.99. The molecule has 2 atom stereocenters. The smallest absolute Gasteiger partial charge is 0.122 e. The summed E-state index contributed by atoms with van der Waals surface area (Å²) in [6, 6.07) is 0.319. The average molecular weight is 270 g/mol. The van der Waals surface area contributed by atoms with Gasteiger partial charge in [-0.1, -0.05) is 0 Å². The molecule has 5 heteroatoms. The van der Waals surface area contributed by atoms with Gasteiger partial charge in [0.1, 0.15) is 11.1 Å². The van der Waals surface area contributed by atoms with E-state index in [9.17, 15) is 5.11 Å². The Morgan fingerprint density at radius 1 is 1.67 bits per heavy atom. The zero-order valence-corrected chi connectivity index (χ0v) is 11.9. The lowest BCUT2D eigenvalue weighted by atomic mass is 10.2. The second-order valence-corrected chi connectivity index (χ2v) is 5.61. The highest BCUT2D eigenvalue weighted by Gasteiger charge is 2.24. The van der Waals surface area contributed by atoms with Gasteiger partial charge in [0.25, 0.3) is 0 Å². The Morgan fingerprint density at radius 3 is 3.22 bits per heavy atom. The van der Waals surface area contributed by atoms with Gasteiger partial charge in [0.05, 0.1) is 12.3 Å². The first kappa shape index (κ1) is 13.9. The first-order valence-electron chi connectivity index (χ1n) is 6.65. The van der Waals surface area contributed by atoms with Crippen molar-refractivity contribution >= 4 is 11.3 Å². The van der Waals surface area contributed by atoms with Gasteiger partial charge in [0, 0.05) is 24.6 Å². The molecule has 2 heterocycles. The van der Waals surface area contributed by atoms with Crippen LogP contribution in [0.25, 0.3) is 0 Å². The summed E-state index contributed by atoms with van der Waals surface area (Å²) >= 11 is 1.66. The number of aliphatic hydroxyl groups is 1. The maximum absolute atomic E-state index is 9.30. The Morgan fingerprint density at radius 2 is 2.50 bits per heavy atom. The molecule has 102 valence electrons. The van der Waals surface area contributed by atoms with Crippen LogP contribution in [0.2, 0.25) is 0 Å². The molecular formula is C13H22N2O2S. The summed E-state index contributed by atoms with van der Waals surface area (Å²) in [4.78, 5) is 6.95. The van der Waals surface area contributed by atoms with Crippen molar-refractivity contribution in [1.82, 2.24) is 9.88 Å². The Bertz CT molecular complexity index is 370. The van der Waals surface area contributed by atoms with E-state index in [2.05, 4.69) is 15.3 Å². The highest BCUT2D eigenvalue weighted by atomic mass is 32.1. The van der Waals surface area contributed by atoms with Gasteiger partial charge < -0.3 is 9.84 Å². The third-order valence-electron chi connectivity index (χ3n) is 3.41. The van der Waals surface area contributed by atoms with E-state index in [-0.39, 0.29) is 12.7 Å². The van der Waals surface area contributed by atoms with Crippen molar-refractivity contribution in [1.29, 1.82) is 0 Å². The number of likely N-dealkylation sites (tertiary alicyclic amines) is 1. The van der Waals surface area contributed by atoms with E-state index in [0.29, 0.717) is 6.04 Å². The van der Waals surface area contributed by atoms with Gasteiger partial charge in [-0.05, 0) is 33.2 Å². The molecule has 1 aliphatic rings.